The molecule has 0 saturated carbocycles. The molecule has 1 rings (SSSR count). The maximum atomic E-state index is 5.53. The van der Waals surface area contributed by atoms with Crippen LogP contribution in [-0.4, -0.2) is 20.3 Å². The minimum atomic E-state index is -0.0738. The van der Waals surface area contributed by atoms with E-state index in [0.29, 0.717) is 0 Å². The molecule has 1 aliphatic carbocycles. The van der Waals surface area contributed by atoms with Gasteiger partial charge in [-0.25, -0.2) is 0 Å². The summed E-state index contributed by atoms with van der Waals surface area (Å²) in [6.07, 6.45) is 7.20. The molecular formula is C10H19BO2. The molecule has 0 saturated heterocycles. The van der Waals surface area contributed by atoms with E-state index in [1.165, 1.54) is 24.7 Å². The van der Waals surface area contributed by atoms with Gasteiger partial charge in [0.15, 0.2) is 0 Å². The van der Waals surface area contributed by atoms with Gasteiger partial charge in [-0.15, -0.1) is 0 Å². The van der Waals surface area contributed by atoms with E-state index in [0.717, 1.165) is 19.6 Å². The molecule has 13 heavy (non-hydrogen) atoms. The fraction of sp³-hybridized carbons (Fsp3) is 0.800. The average Bonchev–Trinajstić information content (AvgIpc) is 2.19. The van der Waals surface area contributed by atoms with E-state index in [-0.39, 0.29) is 7.12 Å². The van der Waals surface area contributed by atoms with Crippen molar-refractivity contribution in [2.24, 2.45) is 0 Å². The highest BCUT2D eigenvalue weighted by molar-refractivity contribution is 6.53. The second-order valence-electron chi connectivity index (χ2n) is 3.27. The van der Waals surface area contributed by atoms with Crippen LogP contribution in [0.25, 0.3) is 0 Å². The quantitative estimate of drug-likeness (QED) is 0.608. The molecule has 0 spiro atoms. The van der Waals surface area contributed by atoms with E-state index in [4.69, 9.17) is 9.31 Å². The zero-order valence-electron chi connectivity index (χ0n) is 8.71. The van der Waals surface area contributed by atoms with Crippen LogP contribution in [0.2, 0.25) is 0 Å². The van der Waals surface area contributed by atoms with Crippen molar-refractivity contribution in [2.75, 3.05) is 13.2 Å². The van der Waals surface area contributed by atoms with E-state index in [1.54, 1.807) is 0 Å². The number of hydrogen-bond donors (Lipinski definition) is 0. The average molecular weight is 182 g/mol. The predicted molar refractivity (Wildman–Crippen MR) is 55.6 cm³/mol. The van der Waals surface area contributed by atoms with Crippen molar-refractivity contribution in [2.45, 2.75) is 39.5 Å². The van der Waals surface area contributed by atoms with Crippen molar-refractivity contribution in [1.29, 1.82) is 0 Å². The van der Waals surface area contributed by atoms with E-state index >= 15 is 0 Å². The Balaban J connectivity index is 2.46. The monoisotopic (exact) mass is 182 g/mol. The lowest BCUT2D eigenvalue weighted by Gasteiger charge is -2.18. The first-order valence-corrected chi connectivity index (χ1v) is 5.30. The summed E-state index contributed by atoms with van der Waals surface area (Å²) in [5.74, 6) is 0. The lowest BCUT2D eigenvalue weighted by Crippen LogP contribution is -2.27. The third-order valence-corrected chi connectivity index (χ3v) is 2.26. The molecule has 0 atom stereocenters. The molecule has 0 amide bonds. The molecule has 0 aromatic rings. The van der Waals surface area contributed by atoms with Gasteiger partial charge in [0.2, 0.25) is 0 Å². The molecule has 0 aromatic heterocycles. The van der Waals surface area contributed by atoms with Crippen LogP contribution in [0.5, 0.6) is 0 Å². The molecule has 0 unspecified atom stereocenters. The van der Waals surface area contributed by atoms with Crippen LogP contribution < -0.4 is 0 Å². The Bertz CT molecular complexity index is 162. The summed E-state index contributed by atoms with van der Waals surface area (Å²) in [7, 11) is -0.0738. The maximum absolute atomic E-state index is 5.53. The molecular weight excluding hydrogens is 163 g/mol. The van der Waals surface area contributed by atoms with Gasteiger partial charge in [0.25, 0.3) is 0 Å². The Morgan fingerprint density at radius 3 is 2.38 bits per heavy atom. The van der Waals surface area contributed by atoms with Crippen LogP contribution in [0.15, 0.2) is 11.5 Å². The Labute approximate surface area is 81.4 Å². The third kappa shape index (κ3) is 3.53. The summed E-state index contributed by atoms with van der Waals surface area (Å²) >= 11 is 0. The van der Waals surface area contributed by atoms with Gasteiger partial charge in [0.05, 0.1) is 0 Å². The van der Waals surface area contributed by atoms with Gasteiger partial charge >= 0.3 is 7.12 Å². The molecule has 1 aliphatic rings. The van der Waals surface area contributed by atoms with Crippen molar-refractivity contribution < 1.29 is 9.31 Å². The minimum absolute atomic E-state index is 0.0738. The zero-order valence-corrected chi connectivity index (χ0v) is 8.71. The summed E-state index contributed by atoms with van der Waals surface area (Å²) in [5, 5.41) is 0. The third-order valence-electron chi connectivity index (χ3n) is 2.26. The molecule has 0 N–H and O–H groups in total. The van der Waals surface area contributed by atoms with Crippen LogP contribution in [0.3, 0.4) is 0 Å². The van der Waals surface area contributed by atoms with Crippen molar-refractivity contribution in [1.82, 2.24) is 0 Å². The first-order chi connectivity index (χ1) is 6.38. The van der Waals surface area contributed by atoms with Gasteiger partial charge in [-0.05, 0) is 45.0 Å². The zero-order chi connectivity index (χ0) is 9.52. The van der Waals surface area contributed by atoms with Crippen molar-refractivity contribution >= 4 is 7.12 Å². The summed E-state index contributed by atoms with van der Waals surface area (Å²) < 4.78 is 11.1. The fourth-order valence-electron chi connectivity index (χ4n) is 1.64. The second-order valence-corrected chi connectivity index (χ2v) is 3.27. The summed E-state index contributed by atoms with van der Waals surface area (Å²) in [6, 6.07) is 0. The highest BCUT2D eigenvalue weighted by Gasteiger charge is 2.23. The standard InChI is InChI=1S/C10H19BO2/c1-3-12-11(13-4-2)10-8-6-5-7-9-10/h8H,3-7,9H2,1-2H3. The van der Waals surface area contributed by atoms with Crippen molar-refractivity contribution in [3.05, 3.63) is 11.5 Å². The molecule has 0 aliphatic heterocycles. The van der Waals surface area contributed by atoms with Crippen molar-refractivity contribution in [3.8, 4) is 0 Å². The largest absolute Gasteiger partial charge is 0.489 e. The van der Waals surface area contributed by atoms with Gasteiger partial charge < -0.3 is 9.31 Å². The summed E-state index contributed by atoms with van der Waals surface area (Å²) in [5.41, 5.74) is 1.34. The Kier molecular flexibility index (Phi) is 5.17. The van der Waals surface area contributed by atoms with Crippen LogP contribution in [0.1, 0.15) is 39.5 Å². The van der Waals surface area contributed by atoms with E-state index in [9.17, 15) is 0 Å². The first-order valence-electron chi connectivity index (χ1n) is 5.30. The van der Waals surface area contributed by atoms with Gasteiger partial charge in [-0.2, -0.15) is 0 Å². The number of rotatable bonds is 5. The lowest BCUT2D eigenvalue weighted by molar-refractivity contribution is 0.219. The molecule has 3 heteroatoms. The SMILES string of the molecule is CCOB(OCC)C1=CCCCC1. The maximum Gasteiger partial charge on any atom is 0.489 e. The van der Waals surface area contributed by atoms with E-state index in [2.05, 4.69) is 6.08 Å². The van der Waals surface area contributed by atoms with Crippen LogP contribution in [0, 0.1) is 0 Å². The lowest BCUT2D eigenvalue weighted by atomic mass is 9.72. The Morgan fingerprint density at radius 1 is 1.23 bits per heavy atom. The molecule has 0 heterocycles. The molecule has 0 fully saturated rings. The van der Waals surface area contributed by atoms with Gasteiger partial charge in [-0.3, -0.25) is 0 Å². The van der Waals surface area contributed by atoms with E-state index < -0.39 is 0 Å². The summed E-state index contributed by atoms with van der Waals surface area (Å²) in [6.45, 7) is 5.47. The van der Waals surface area contributed by atoms with Crippen molar-refractivity contribution in [3.63, 3.8) is 0 Å². The van der Waals surface area contributed by atoms with Crippen LogP contribution in [-0.2, 0) is 9.31 Å². The first kappa shape index (κ1) is 10.8. The van der Waals surface area contributed by atoms with Gasteiger partial charge in [0.1, 0.15) is 0 Å². The molecule has 0 radical (unpaired) electrons. The topological polar surface area (TPSA) is 18.5 Å². The molecule has 2 nitrogen and oxygen atoms in total. The minimum Gasteiger partial charge on any atom is -0.408 e. The van der Waals surface area contributed by atoms with Crippen LogP contribution >= 0.6 is 0 Å². The van der Waals surface area contributed by atoms with Gasteiger partial charge in [-0.1, -0.05) is 6.08 Å². The number of hydrogen-bond acceptors (Lipinski definition) is 2. The Morgan fingerprint density at radius 2 is 1.92 bits per heavy atom. The molecule has 0 bridgehead atoms. The Hall–Kier alpha value is -0.275. The smallest absolute Gasteiger partial charge is 0.408 e. The fourth-order valence-corrected chi connectivity index (χ4v) is 1.64. The van der Waals surface area contributed by atoms with Gasteiger partial charge in [0, 0.05) is 13.2 Å². The van der Waals surface area contributed by atoms with Crippen LogP contribution in [0.4, 0.5) is 0 Å². The number of allylic oxidation sites excluding steroid dienone is 2. The van der Waals surface area contributed by atoms with E-state index in [1.807, 2.05) is 13.8 Å². The summed E-state index contributed by atoms with van der Waals surface area (Å²) in [4.78, 5) is 0. The highest BCUT2D eigenvalue weighted by Crippen LogP contribution is 2.20. The second kappa shape index (κ2) is 6.22. The highest BCUT2D eigenvalue weighted by atomic mass is 16.6. The normalized spacial score (nSPS) is 16.9. The molecule has 0 aromatic carbocycles. The molecule has 74 valence electrons. The predicted octanol–water partition coefficient (Wildman–Crippen LogP) is 2.59.